The molecule has 1 atom stereocenters. The predicted octanol–water partition coefficient (Wildman–Crippen LogP) is 3.76. The minimum absolute atomic E-state index is 0.462. The molecule has 0 aromatic heterocycles. The maximum absolute atomic E-state index is 5.73. The van der Waals surface area contributed by atoms with Gasteiger partial charge in [-0.2, -0.15) is 0 Å². The third kappa shape index (κ3) is 3.42. The van der Waals surface area contributed by atoms with E-state index in [-0.39, 0.29) is 0 Å². The number of rotatable bonds is 6. The van der Waals surface area contributed by atoms with Gasteiger partial charge >= 0.3 is 0 Å². The third-order valence-corrected chi connectivity index (χ3v) is 5.33. The molecule has 0 spiro atoms. The van der Waals surface area contributed by atoms with Gasteiger partial charge in [0, 0.05) is 13.1 Å². The van der Waals surface area contributed by atoms with Crippen molar-refractivity contribution in [3.05, 3.63) is 35.4 Å². The van der Waals surface area contributed by atoms with Crippen LogP contribution in [0, 0.1) is 5.41 Å². The highest BCUT2D eigenvalue weighted by Crippen LogP contribution is 2.37. The van der Waals surface area contributed by atoms with Crippen molar-refractivity contribution in [2.75, 3.05) is 19.6 Å². The molecule has 1 aliphatic heterocycles. The van der Waals surface area contributed by atoms with Gasteiger partial charge in [0.15, 0.2) is 0 Å². The molecule has 2 heteroatoms. The molecule has 0 amide bonds. The molecule has 1 unspecified atom stereocenters. The van der Waals surface area contributed by atoms with Gasteiger partial charge in [0.25, 0.3) is 0 Å². The molecule has 0 radical (unpaired) electrons. The van der Waals surface area contributed by atoms with Gasteiger partial charge in [-0.25, -0.2) is 0 Å². The van der Waals surface area contributed by atoms with E-state index in [1.165, 1.54) is 43.5 Å². The third-order valence-electron chi connectivity index (χ3n) is 5.33. The minimum atomic E-state index is 0.462. The molecule has 0 saturated carbocycles. The second kappa shape index (κ2) is 6.73. The molecule has 1 aliphatic rings. The number of nitrogens with two attached hydrogens (primary N) is 1. The van der Waals surface area contributed by atoms with E-state index >= 15 is 0 Å². The van der Waals surface area contributed by atoms with E-state index in [4.69, 9.17) is 5.73 Å². The highest BCUT2D eigenvalue weighted by molar-refractivity contribution is 5.25. The molecule has 0 aliphatic carbocycles. The van der Waals surface area contributed by atoms with Crippen LogP contribution in [0.4, 0.5) is 0 Å². The van der Waals surface area contributed by atoms with E-state index in [0.29, 0.717) is 11.3 Å². The summed E-state index contributed by atoms with van der Waals surface area (Å²) in [5.41, 5.74) is 9.09. The molecule has 1 fully saturated rings. The van der Waals surface area contributed by atoms with Crippen molar-refractivity contribution < 1.29 is 0 Å². The summed E-state index contributed by atoms with van der Waals surface area (Å²) in [4.78, 5) is 2.62. The summed E-state index contributed by atoms with van der Waals surface area (Å²) in [5.74, 6) is 0.462. The van der Waals surface area contributed by atoms with Crippen molar-refractivity contribution in [1.82, 2.24) is 4.90 Å². The summed E-state index contributed by atoms with van der Waals surface area (Å²) >= 11 is 0. The highest BCUT2D eigenvalue weighted by atomic mass is 15.2. The Morgan fingerprint density at radius 3 is 2.35 bits per heavy atom. The monoisotopic (exact) mass is 274 g/mol. The van der Waals surface area contributed by atoms with E-state index in [0.717, 1.165) is 13.1 Å². The molecule has 20 heavy (non-hydrogen) atoms. The van der Waals surface area contributed by atoms with Crippen molar-refractivity contribution in [1.29, 1.82) is 0 Å². The fraction of sp³-hybridized carbons (Fsp3) is 0.667. The SMILES string of the molecule is CCC1(CC)CCN(Cc2ccc(C(C)CN)cc2)C1. The van der Waals surface area contributed by atoms with Crippen LogP contribution in [0.3, 0.4) is 0 Å². The molecular formula is C18H30N2. The van der Waals surface area contributed by atoms with E-state index in [9.17, 15) is 0 Å². The number of benzene rings is 1. The Bertz CT molecular complexity index is 406. The maximum atomic E-state index is 5.73. The zero-order chi connectivity index (χ0) is 14.6. The van der Waals surface area contributed by atoms with Gasteiger partial charge in [0.05, 0.1) is 0 Å². The van der Waals surface area contributed by atoms with Gasteiger partial charge in [-0.1, -0.05) is 45.0 Å². The number of hydrogen-bond donors (Lipinski definition) is 1. The van der Waals surface area contributed by atoms with Crippen molar-refractivity contribution in [2.45, 2.75) is 52.5 Å². The number of nitrogens with zero attached hydrogens (tertiary/aromatic N) is 1. The molecule has 1 aromatic carbocycles. The van der Waals surface area contributed by atoms with Crippen LogP contribution in [0.25, 0.3) is 0 Å². The van der Waals surface area contributed by atoms with Gasteiger partial charge in [-0.3, -0.25) is 4.90 Å². The zero-order valence-electron chi connectivity index (χ0n) is 13.4. The topological polar surface area (TPSA) is 29.3 Å². The molecule has 2 N–H and O–H groups in total. The quantitative estimate of drug-likeness (QED) is 0.856. The van der Waals surface area contributed by atoms with E-state index < -0.39 is 0 Å². The van der Waals surface area contributed by atoms with Crippen LogP contribution >= 0.6 is 0 Å². The van der Waals surface area contributed by atoms with Crippen molar-refractivity contribution >= 4 is 0 Å². The molecule has 1 heterocycles. The Hall–Kier alpha value is -0.860. The van der Waals surface area contributed by atoms with Crippen LogP contribution in [0.15, 0.2) is 24.3 Å². The van der Waals surface area contributed by atoms with Crippen LogP contribution in [0.1, 0.15) is 57.1 Å². The molecule has 112 valence electrons. The Morgan fingerprint density at radius 2 is 1.85 bits per heavy atom. The zero-order valence-corrected chi connectivity index (χ0v) is 13.4. The summed E-state index contributed by atoms with van der Waals surface area (Å²) in [6.07, 6.45) is 3.99. The smallest absolute Gasteiger partial charge is 0.0233 e. The van der Waals surface area contributed by atoms with E-state index in [1.54, 1.807) is 0 Å². The van der Waals surface area contributed by atoms with E-state index in [2.05, 4.69) is 49.9 Å². The van der Waals surface area contributed by atoms with Crippen LogP contribution < -0.4 is 5.73 Å². The highest BCUT2D eigenvalue weighted by Gasteiger charge is 2.34. The Labute approximate surface area is 124 Å². The van der Waals surface area contributed by atoms with E-state index in [1.807, 2.05) is 0 Å². The van der Waals surface area contributed by atoms with Gasteiger partial charge in [-0.15, -0.1) is 0 Å². The van der Waals surface area contributed by atoms with Gasteiger partial charge in [0.1, 0.15) is 0 Å². The Morgan fingerprint density at radius 1 is 1.20 bits per heavy atom. The lowest BCUT2D eigenvalue weighted by atomic mass is 9.82. The standard InChI is InChI=1S/C18H30N2/c1-4-18(5-2)10-11-20(14-18)13-16-6-8-17(9-7-16)15(3)12-19/h6-9,15H,4-5,10-14,19H2,1-3H3. The van der Waals surface area contributed by atoms with Gasteiger partial charge < -0.3 is 5.73 Å². The van der Waals surface area contributed by atoms with Crippen molar-refractivity contribution in [2.24, 2.45) is 11.1 Å². The minimum Gasteiger partial charge on any atom is -0.330 e. The van der Waals surface area contributed by atoms with Crippen LogP contribution in [-0.2, 0) is 6.54 Å². The van der Waals surface area contributed by atoms with Crippen molar-refractivity contribution in [3.8, 4) is 0 Å². The number of likely N-dealkylation sites (tertiary alicyclic amines) is 1. The van der Waals surface area contributed by atoms with Gasteiger partial charge in [0.2, 0.25) is 0 Å². The first-order valence-corrected chi connectivity index (χ1v) is 8.13. The largest absolute Gasteiger partial charge is 0.330 e. The first-order chi connectivity index (χ1) is 9.62. The summed E-state index contributed by atoms with van der Waals surface area (Å²) in [5, 5.41) is 0. The lowest BCUT2D eigenvalue weighted by molar-refractivity contribution is 0.236. The predicted molar refractivity (Wildman–Crippen MR) is 86.8 cm³/mol. The van der Waals surface area contributed by atoms with Crippen LogP contribution in [0.2, 0.25) is 0 Å². The van der Waals surface area contributed by atoms with Crippen LogP contribution in [0.5, 0.6) is 0 Å². The molecule has 1 saturated heterocycles. The normalized spacial score (nSPS) is 20.2. The summed E-state index contributed by atoms with van der Waals surface area (Å²) in [6, 6.07) is 9.05. The maximum Gasteiger partial charge on any atom is 0.0233 e. The first kappa shape index (κ1) is 15.5. The fourth-order valence-electron chi connectivity index (χ4n) is 3.34. The second-order valence-electron chi connectivity index (χ2n) is 6.55. The molecule has 0 bridgehead atoms. The lowest BCUT2D eigenvalue weighted by Gasteiger charge is -2.26. The summed E-state index contributed by atoms with van der Waals surface area (Å²) in [7, 11) is 0. The first-order valence-electron chi connectivity index (χ1n) is 8.13. The summed E-state index contributed by atoms with van der Waals surface area (Å²) < 4.78 is 0. The lowest BCUT2D eigenvalue weighted by Crippen LogP contribution is -2.26. The molecule has 2 nitrogen and oxygen atoms in total. The van der Waals surface area contributed by atoms with Gasteiger partial charge in [-0.05, 0) is 54.8 Å². The van der Waals surface area contributed by atoms with Crippen LogP contribution in [-0.4, -0.2) is 24.5 Å². The molecule has 1 aromatic rings. The number of hydrogen-bond acceptors (Lipinski definition) is 2. The fourth-order valence-corrected chi connectivity index (χ4v) is 3.34. The Balaban J connectivity index is 1.94. The second-order valence-corrected chi connectivity index (χ2v) is 6.55. The average Bonchev–Trinajstić information content (AvgIpc) is 2.91. The average molecular weight is 274 g/mol. The Kier molecular flexibility index (Phi) is 5.22. The van der Waals surface area contributed by atoms with Crippen molar-refractivity contribution in [3.63, 3.8) is 0 Å². The molecule has 2 rings (SSSR count). The molecular weight excluding hydrogens is 244 g/mol. The summed E-state index contributed by atoms with van der Waals surface area (Å²) in [6.45, 7) is 11.2.